The summed E-state index contributed by atoms with van der Waals surface area (Å²) < 4.78 is 104. The molecule has 13 aromatic rings. The number of carbonyl (C=O) groups excluding carboxylic acids is 4. The second kappa shape index (κ2) is 34.1. The number of pyridine rings is 1. The number of aryl methyl sites for hydroxylation is 6. The third-order valence-electron chi connectivity index (χ3n) is 23.9. The quantitative estimate of drug-likeness (QED) is 0.0727. The van der Waals surface area contributed by atoms with E-state index in [0.717, 1.165) is 139 Å². The number of ketones is 4. The topological polar surface area (TPSA) is 228 Å². The number of rotatable bonds is 18. The standard InChI is InChI=1S/C27H30F3N3O2.C24H26N4O2.C20H23FN4O2.C20H20FN3O2/c1-17(18-6-8-21(34)12-18)35-26-15-20(14-24-22(26)16-32(2)31-24)19-7-9-25(23(13-19)27(28,29)30)33-10-4-3-5-11-33;1-14-20-10-17(6-8-23(20)28(4)25-14)18-11-22-21(13-27(3)26-22)24(12-18)30-15(2)16-5-7-19(29)9-16;1-12(14-4-5-17(26)6-14)27-20-8-15(7-19-18(20)11-24(3)23-19)16-9-22-25(10-16)13(2)21;1-12(13-3-5-16(25)7-13)26-20-9-14(18-6-4-15(21)10-22-18)8-19-17(20)11-24(2)23-19/h7,9,13-18H,3-6,8,10-12H2,1-2H3;6,8,10-13,15-16H,5,7,9H2,1-4H3;7-14H,4-6H2,1-3H3;4,6,8-13H,3,5,7H2,1-2H3/t17-,18+;15-,16+;12-,13?,14+;12-,13+/m1111/s1. The average Bonchev–Trinajstić information content (AvgIpc) is 1.74. The van der Waals surface area contributed by atoms with Gasteiger partial charge in [-0.2, -0.15) is 43.8 Å². The molecule has 4 aliphatic carbocycles. The van der Waals surface area contributed by atoms with Gasteiger partial charge in [-0.15, -0.1) is 0 Å². The van der Waals surface area contributed by atoms with Gasteiger partial charge in [-0.25, -0.2) is 13.5 Å². The molecule has 0 spiro atoms. The highest BCUT2D eigenvalue weighted by molar-refractivity contribution is 5.95. The molecule has 1 aliphatic heterocycles. The molecule has 1 unspecified atom stereocenters. The molecule has 18 rings (SSSR count). The summed E-state index contributed by atoms with van der Waals surface area (Å²) in [4.78, 5) is 52.7. The van der Waals surface area contributed by atoms with Gasteiger partial charge in [-0.3, -0.25) is 47.6 Å². The molecule has 22 nitrogen and oxygen atoms in total. The van der Waals surface area contributed by atoms with Crippen LogP contribution in [-0.4, -0.2) is 124 Å². The number of Topliss-reactive ketones (excluding diaryl/α,β-unsaturated/α-hetero) is 4. The van der Waals surface area contributed by atoms with Crippen LogP contribution in [0.2, 0.25) is 0 Å². The minimum atomic E-state index is -4.46. The van der Waals surface area contributed by atoms with E-state index in [4.69, 9.17) is 18.9 Å². The Morgan fingerprint density at radius 3 is 1.21 bits per heavy atom. The lowest BCUT2D eigenvalue weighted by molar-refractivity contribution is -0.137. The summed E-state index contributed by atoms with van der Waals surface area (Å²) in [5.41, 5.74) is 11.4. The minimum Gasteiger partial charge on any atom is -0.490 e. The zero-order valence-electron chi connectivity index (χ0n) is 68.4. The monoisotopic (exact) mass is 1610 g/mol. The molecule has 0 radical (unpaired) electrons. The first-order valence-electron chi connectivity index (χ1n) is 40.8. The summed E-state index contributed by atoms with van der Waals surface area (Å²) >= 11 is 0. The number of fused-ring (bicyclic) bond motifs is 5. The molecule has 7 aromatic heterocycles. The van der Waals surface area contributed by atoms with Crippen molar-refractivity contribution in [2.45, 2.75) is 175 Å². The van der Waals surface area contributed by atoms with E-state index < -0.39 is 18.0 Å². The van der Waals surface area contributed by atoms with Gasteiger partial charge < -0.3 is 23.8 Å². The number of carbonyl (C=O) groups is 4. The number of nitrogens with zero attached hydrogens (tertiary/aromatic N) is 14. The zero-order chi connectivity index (χ0) is 83.1. The van der Waals surface area contributed by atoms with E-state index in [-0.39, 0.29) is 65.4 Å². The molecule has 27 heteroatoms. The first-order chi connectivity index (χ1) is 56.5. The summed E-state index contributed by atoms with van der Waals surface area (Å²) in [7, 11) is 9.42. The van der Waals surface area contributed by atoms with Crippen molar-refractivity contribution < 1.29 is 60.1 Å². The fourth-order valence-corrected chi connectivity index (χ4v) is 17.2. The zero-order valence-corrected chi connectivity index (χ0v) is 68.4. The fraction of sp³-hybridized carbons (Fsp3) is 0.418. The van der Waals surface area contributed by atoms with Crippen LogP contribution >= 0.6 is 0 Å². The second-order valence-electron chi connectivity index (χ2n) is 32.7. The van der Waals surface area contributed by atoms with Gasteiger partial charge in [0.25, 0.3) is 0 Å². The lowest BCUT2D eigenvalue weighted by Gasteiger charge is -2.31. The Kier molecular flexibility index (Phi) is 23.6. The van der Waals surface area contributed by atoms with Crippen LogP contribution in [0.15, 0.2) is 140 Å². The largest absolute Gasteiger partial charge is 0.490 e. The van der Waals surface area contributed by atoms with Gasteiger partial charge in [0, 0.05) is 177 Å². The molecular weight excluding hydrogens is 1510 g/mol. The Morgan fingerprint density at radius 2 is 0.831 bits per heavy atom. The molecule has 118 heavy (non-hydrogen) atoms. The van der Waals surface area contributed by atoms with Crippen LogP contribution in [0.5, 0.6) is 23.0 Å². The van der Waals surface area contributed by atoms with Crippen molar-refractivity contribution in [1.29, 1.82) is 0 Å². The molecular formula is C91H99F5N14O8. The normalized spacial score (nSPS) is 19.0. The van der Waals surface area contributed by atoms with Crippen LogP contribution in [0.25, 0.3) is 99.2 Å². The van der Waals surface area contributed by atoms with Crippen LogP contribution in [0.4, 0.5) is 27.6 Å². The first-order valence-corrected chi connectivity index (χ1v) is 40.8. The van der Waals surface area contributed by atoms with Crippen molar-refractivity contribution in [2.75, 3.05) is 18.0 Å². The third kappa shape index (κ3) is 18.2. The first kappa shape index (κ1) is 81.5. The molecule has 8 heterocycles. The summed E-state index contributed by atoms with van der Waals surface area (Å²) in [6.07, 6.45) is 17.3. The summed E-state index contributed by atoms with van der Waals surface area (Å²) in [6, 6.07) is 29.6. The highest BCUT2D eigenvalue weighted by atomic mass is 19.4. The van der Waals surface area contributed by atoms with Crippen LogP contribution in [0, 0.1) is 36.4 Å². The molecule has 4 saturated carbocycles. The Morgan fingerprint density at radius 1 is 0.432 bits per heavy atom. The maximum absolute atomic E-state index is 14.1. The third-order valence-corrected chi connectivity index (χ3v) is 23.9. The number of benzene rings is 6. The number of alkyl halides is 4. The van der Waals surface area contributed by atoms with E-state index >= 15 is 0 Å². The van der Waals surface area contributed by atoms with E-state index in [1.54, 1.807) is 57.8 Å². The second-order valence-corrected chi connectivity index (χ2v) is 32.7. The Hall–Kier alpha value is -11.6. The van der Waals surface area contributed by atoms with Gasteiger partial charge in [0.05, 0.1) is 103 Å². The van der Waals surface area contributed by atoms with E-state index in [1.165, 1.54) is 29.9 Å². The van der Waals surface area contributed by atoms with Crippen molar-refractivity contribution in [2.24, 2.45) is 58.9 Å². The van der Waals surface area contributed by atoms with Crippen LogP contribution in [-0.2, 0) is 60.6 Å². The molecule has 0 amide bonds. The van der Waals surface area contributed by atoms with Crippen molar-refractivity contribution >= 4 is 83.3 Å². The molecule has 0 N–H and O–H groups in total. The lowest BCUT2D eigenvalue weighted by Crippen LogP contribution is -2.31. The Labute approximate surface area is 680 Å². The van der Waals surface area contributed by atoms with Crippen molar-refractivity contribution in [3.05, 3.63) is 158 Å². The summed E-state index contributed by atoms with van der Waals surface area (Å²) in [5, 5.41) is 31.5. The molecule has 6 aromatic carbocycles. The van der Waals surface area contributed by atoms with E-state index in [9.17, 15) is 41.1 Å². The van der Waals surface area contributed by atoms with Gasteiger partial charge in [0.2, 0.25) is 0 Å². The van der Waals surface area contributed by atoms with Gasteiger partial charge in [0.1, 0.15) is 51.9 Å². The number of halogens is 5. The molecule has 616 valence electrons. The molecule has 9 atom stereocenters. The van der Waals surface area contributed by atoms with Gasteiger partial charge >= 0.3 is 6.18 Å². The number of hydrogen-bond donors (Lipinski definition) is 0. The molecule has 5 fully saturated rings. The van der Waals surface area contributed by atoms with E-state index in [2.05, 4.69) is 72.8 Å². The van der Waals surface area contributed by atoms with Crippen LogP contribution in [0.1, 0.15) is 148 Å². The predicted octanol–water partition coefficient (Wildman–Crippen LogP) is 18.9. The number of ether oxygens (including phenoxy) is 4. The van der Waals surface area contributed by atoms with Crippen molar-refractivity contribution in [3.8, 4) is 67.6 Å². The number of piperidine rings is 1. The SMILES string of the molecule is CC(F)n1cc(-c2cc(O[C@H](C)[C@H]3CCC(=O)C3)c3cn(C)nc3c2)cn1.C[C@@H](Oc1cc(-c2ccc(F)cn2)cc2nn(C)cc12)[C@H]1CCC(=O)C1.C[C@@H](Oc1cc(-c2ccc(N3CCCCC3)c(C(F)(F)F)c2)cc2nn(C)cc12)[C@H]1CCC(=O)C1.Cc1nn(C)c2ccc(-c3cc(O[C@H](C)[C@H]4CCC(=O)C4)c4cn(C)nc4c3)cc12. The van der Waals surface area contributed by atoms with Gasteiger partial charge in [-0.1, -0.05) is 12.1 Å². The van der Waals surface area contributed by atoms with Crippen molar-refractivity contribution in [1.82, 2.24) is 63.7 Å². The number of anilines is 1. The number of hydrogen-bond acceptors (Lipinski definition) is 16. The average molecular weight is 1610 g/mol. The van der Waals surface area contributed by atoms with Crippen LogP contribution in [0.3, 0.4) is 0 Å². The van der Waals surface area contributed by atoms with Gasteiger partial charge in [0.15, 0.2) is 6.30 Å². The van der Waals surface area contributed by atoms with E-state index in [1.807, 2.05) is 125 Å². The van der Waals surface area contributed by atoms with Gasteiger partial charge in [-0.05, 0) is 199 Å². The van der Waals surface area contributed by atoms with E-state index in [0.29, 0.717) is 116 Å². The molecule has 5 aliphatic rings. The van der Waals surface area contributed by atoms with Crippen LogP contribution < -0.4 is 23.8 Å². The van der Waals surface area contributed by atoms with Crippen molar-refractivity contribution in [3.63, 3.8) is 0 Å². The minimum absolute atomic E-state index is 0.0156. The lowest BCUT2D eigenvalue weighted by atomic mass is 9.98. The molecule has 0 bridgehead atoms. The Balaban J connectivity index is 0.000000124. The summed E-state index contributed by atoms with van der Waals surface area (Å²) in [5.74, 6) is 4.57. The maximum Gasteiger partial charge on any atom is 0.418 e. The fourth-order valence-electron chi connectivity index (χ4n) is 17.2. The maximum atomic E-state index is 14.1. The summed E-state index contributed by atoms with van der Waals surface area (Å²) in [6.45, 7) is 12.8. The number of aromatic nitrogens is 13. The predicted molar refractivity (Wildman–Crippen MR) is 444 cm³/mol. The highest BCUT2D eigenvalue weighted by Gasteiger charge is 2.37. The highest BCUT2D eigenvalue weighted by Crippen LogP contribution is 2.45. The smallest absolute Gasteiger partial charge is 0.418 e. The molecule has 1 saturated heterocycles. The Bertz CT molecular complexity index is 5910.